The van der Waals surface area contributed by atoms with E-state index in [-0.39, 0.29) is 0 Å². The van der Waals surface area contributed by atoms with E-state index in [4.69, 9.17) is 0 Å². The summed E-state index contributed by atoms with van der Waals surface area (Å²) < 4.78 is 26.7. The van der Waals surface area contributed by atoms with Gasteiger partial charge >= 0.3 is 0 Å². The Kier molecular flexibility index (Phi) is 5.84. The van der Waals surface area contributed by atoms with E-state index < -0.39 is 10.0 Å². The highest BCUT2D eigenvalue weighted by Crippen LogP contribution is 2.18. The van der Waals surface area contributed by atoms with Crippen molar-refractivity contribution in [1.29, 1.82) is 0 Å². The number of nitrogens with one attached hydrogen (secondary N) is 1. The summed E-state index contributed by atoms with van der Waals surface area (Å²) in [5, 5.41) is 3.29. The van der Waals surface area contributed by atoms with Crippen LogP contribution in [0.25, 0.3) is 0 Å². The Hall–Kier alpha value is -0.170. The van der Waals surface area contributed by atoms with Crippen molar-refractivity contribution in [2.75, 3.05) is 45.0 Å². The normalized spacial score (nSPS) is 25.7. The molecule has 0 aromatic carbocycles. The van der Waals surface area contributed by atoms with Crippen LogP contribution in [0.2, 0.25) is 0 Å². The molecule has 0 aliphatic carbocycles. The highest BCUT2D eigenvalue weighted by atomic mass is 32.2. The molecule has 20 heavy (non-hydrogen) atoms. The van der Waals surface area contributed by atoms with Crippen LogP contribution in [0.5, 0.6) is 0 Å². The van der Waals surface area contributed by atoms with E-state index in [1.807, 2.05) is 0 Å². The molecule has 2 rings (SSSR count). The van der Waals surface area contributed by atoms with Gasteiger partial charge in [0.1, 0.15) is 0 Å². The number of piperazine rings is 1. The minimum Gasteiger partial charge on any atom is -0.317 e. The zero-order valence-corrected chi connectivity index (χ0v) is 13.7. The largest absolute Gasteiger partial charge is 0.317 e. The molecule has 5 nitrogen and oxygen atoms in total. The molecule has 0 aromatic rings. The summed E-state index contributed by atoms with van der Waals surface area (Å²) in [6, 6.07) is 0.560. The van der Waals surface area contributed by atoms with Crippen molar-refractivity contribution in [3.8, 4) is 0 Å². The second-order valence-corrected chi connectivity index (χ2v) is 8.18. The van der Waals surface area contributed by atoms with Crippen molar-refractivity contribution < 1.29 is 8.42 Å². The summed E-state index contributed by atoms with van der Waals surface area (Å²) in [6.07, 6.45) is 3.11. The summed E-state index contributed by atoms with van der Waals surface area (Å²) in [7, 11) is -3.06. The number of sulfonamides is 1. The van der Waals surface area contributed by atoms with Gasteiger partial charge in [-0.15, -0.1) is 0 Å². The van der Waals surface area contributed by atoms with Gasteiger partial charge in [-0.05, 0) is 45.2 Å². The van der Waals surface area contributed by atoms with Crippen LogP contribution in [-0.4, -0.2) is 68.7 Å². The molecular formula is C14H29N3O2S. The van der Waals surface area contributed by atoms with Crippen LogP contribution in [0.4, 0.5) is 0 Å². The van der Waals surface area contributed by atoms with E-state index >= 15 is 0 Å². The first-order chi connectivity index (χ1) is 9.53. The molecule has 0 amide bonds. The maximum Gasteiger partial charge on any atom is 0.214 e. The summed E-state index contributed by atoms with van der Waals surface area (Å²) in [4.78, 5) is 2.40. The number of piperidine rings is 1. The van der Waals surface area contributed by atoms with Gasteiger partial charge < -0.3 is 5.32 Å². The smallest absolute Gasteiger partial charge is 0.214 e. The fourth-order valence-electron chi connectivity index (χ4n) is 3.13. The van der Waals surface area contributed by atoms with Crippen LogP contribution in [0.15, 0.2) is 0 Å². The van der Waals surface area contributed by atoms with E-state index in [9.17, 15) is 8.42 Å². The average Bonchev–Trinajstić information content (AvgIpc) is 2.47. The van der Waals surface area contributed by atoms with Crippen molar-refractivity contribution in [2.45, 2.75) is 39.2 Å². The summed E-state index contributed by atoms with van der Waals surface area (Å²) in [6.45, 7) is 9.41. The molecule has 0 radical (unpaired) electrons. The minimum absolute atomic E-state index is 0.342. The number of nitrogens with zero attached hydrogens (tertiary/aromatic N) is 2. The van der Waals surface area contributed by atoms with Gasteiger partial charge in [0, 0.05) is 32.2 Å². The van der Waals surface area contributed by atoms with Crippen molar-refractivity contribution in [2.24, 2.45) is 5.92 Å². The van der Waals surface area contributed by atoms with E-state index in [0.717, 1.165) is 45.4 Å². The number of hydrogen-bond donors (Lipinski definition) is 1. The van der Waals surface area contributed by atoms with Crippen molar-refractivity contribution in [1.82, 2.24) is 14.5 Å². The van der Waals surface area contributed by atoms with Crippen LogP contribution in [0, 0.1) is 5.92 Å². The monoisotopic (exact) mass is 303 g/mol. The Morgan fingerprint density at radius 1 is 1.15 bits per heavy atom. The number of hydrogen-bond acceptors (Lipinski definition) is 4. The van der Waals surface area contributed by atoms with Gasteiger partial charge in [0.05, 0.1) is 5.75 Å². The van der Waals surface area contributed by atoms with Crippen LogP contribution in [0.3, 0.4) is 0 Å². The van der Waals surface area contributed by atoms with Crippen LogP contribution >= 0.6 is 0 Å². The lowest BCUT2D eigenvalue weighted by Crippen LogP contribution is -2.52. The van der Waals surface area contributed by atoms with Crippen molar-refractivity contribution in [3.05, 3.63) is 0 Å². The van der Waals surface area contributed by atoms with Gasteiger partial charge in [0.25, 0.3) is 0 Å². The van der Waals surface area contributed by atoms with Crippen molar-refractivity contribution in [3.63, 3.8) is 0 Å². The first kappa shape index (κ1) is 16.2. The Balaban J connectivity index is 1.85. The van der Waals surface area contributed by atoms with E-state index in [2.05, 4.69) is 24.1 Å². The molecule has 1 N–H and O–H groups in total. The molecule has 2 heterocycles. The highest BCUT2D eigenvalue weighted by Gasteiger charge is 2.30. The van der Waals surface area contributed by atoms with Crippen molar-refractivity contribution >= 4 is 10.0 Å². The third-order valence-electron chi connectivity index (χ3n) is 4.79. The number of rotatable bonds is 5. The summed E-state index contributed by atoms with van der Waals surface area (Å²) in [5.74, 6) is 0.687. The van der Waals surface area contributed by atoms with E-state index in [1.165, 1.54) is 0 Å². The molecule has 6 heteroatoms. The molecule has 118 valence electrons. The predicted molar refractivity (Wildman–Crippen MR) is 82.3 cm³/mol. The lowest BCUT2D eigenvalue weighted by molar-refractivity contribution is 0.142. The Morgan fingerprint density at radius 3 is 2.30 bits per heavy atom. The first-order valence-corrected chi connectivity index (χ1v) is 9.56. The standard InChI is InChI=1S/C14H29N3O2S/c1-3-13(2)16-8-10-17(11-9-16)20(18,19)12-14-4-6-15-7-5-14/h13-15H,3-12H2,1-2H3. The molecule has 0 spiro atoms. The molecule has 1 unspecified atom stereocenters. The predicted octanol–water partition coefficient (Wildman–Crippen LogP) is 0.732. The SMILES string of the molecule is CCC(C)N1CCN(S(=O)(=O)CC2CCNCC2)CC1. The molecule has 2 fully saturated rings. The molecule has 2 saturated heterocycles. The van der Waals surface area contributed by atoms with Gasteiger partial charge in [0.15, 0.2) is 0 Å². The molecule has 2 aliphatic rings. The lowest BCUT2D eigenvalue weighted by atomic mass is 10.0. The first-order valence-electron chi connectivity index (χ1n) is 7.95. The van der Waals surface area contributed by atoms with Gasteiger partial charge in [-0.25, -0.2) is 8.42 Å². The fraction of sp³-hybridized carbons (Fsp3) is 1.00. The maximum absolute atomic E-state index is 12.5. The lowest BCUT2D eigenvalue weighted by Gasteiger charge is -2.37. The topological polar surface area (TPSA) is 52.7 Å². The van der Waals surface area contributed by atoms with Gasteiger partial charge in [-0.2, -0.15) is 4.31 Å². The van der Waals surface area contributed by atoms with Gasteiger partial charge in [-0.1, -0.05) is 6.92 Å². The molecule has 0 bridgehead atoms. The summed E-state index contributed by atoms with van der Waals surface area (Å²) in [5.41, 5.74) is 0. The molecule has 0 saturated carbocycles. The Labute approximate surface area is 123 Å². The third-order valence-corrected chi connectivity index (χ3v) is 6.83. The van der Waals surface area contributed by atoms with Crippen LogP contribution in [-0.2, 0) is 10.0 Å². The fourth-order valence-corrected chi connectivity index (χ4v) is 4.99. The summed E-state index contributed by atoms with van der Waals surface area (Å²) >= 11 is 0. The molecular weight excluding hydrogens is 274 g/mol. The molecule has 1 atom stereocenters. The average molecular weight is 303 g/mol. The zero-order chi connectivity index (χ0) is 14.6. The zero-order valence-electron chi connectivity index (χ0n) is 12.8. The van der Waals surface area contributed by atoms with E-state index in [0.29, 0.717) is 30.8 Å². The second-order valence-electron chi connectivity index (χ2n) is 6.16. The Bertz CT molecular complexity index is 385. The van der Waals surface area contributed by atoms with Crippen LogP contribution in [0.1, 0.15) is 33.1 Å². The van der Waals surface area contributed by atoms with Gasteiger partial charge in [-0.3, -0.25) is 4.90 Å². The Morgan fingerprint density at radius 2 is 1.75 bits per heavy atom. The van der Waals surface area contributed by atoms with Gasteiger partial charge in [0.2, 0.25) is 10.0 Å². The van der Waals surface area contributed by atoms with E-state index in [1.54, 1.807) is 4.31 Å². The molecule has 0 aromatic heterocycles. The maximum atomic E-state index is 12.5. The quantitative estimate of drug-likeness (QED) is 0.814. The second kappa shape index (κ2) is 7.20. The molecule has 2 aliphatic heterocycles. The highest BCUT2D eigenvalue weighted by molar-refractivity contribution is 7.89. The minimum atomic E-state index is -3.06. The third kappa shape index (κ3) is 4.16. The van der Waals surface area contributed by atoms with Crippen LogP contribution < -0.4 is 5.32 Å².